The fourth-order valence-corrected chi connectivity index (χ4v) is 2.71. The number of nitrogens with zero attached hydrogens (tertiary/aromatic N) is 3. The lowest BCUT2D eigenvalue weighted by atomic mass is 10.1. The zero-order valence-electron chi connectivity index (χ0n) is 12.2. The average molecular weight is 288 g/mol. The maximum absolute atomic E-state index is 12.6. The molecule has 1 aliphatic rings. The minimum absolute atomic E-state index is 0.0242. The Labute approximate surface area is 123 Å². The highest BCUT2D eigenvalue weighted by Gasteiger charge is 2.26. The maximum Gasteiger partial charge on any atom is 0.270 e. The van der Waals surface area contributed by atoms with Gasteiger partial charge in [0.1, 0.15) is 5.69 Å². The van der Waals surface area contributed by atoms with E-state index in [0.29, 0.717) is 32.0 Å². The molecule has 0 radical (unpaired) electrons. The summed E-state index contributed by atoms with van der Waals surface area (Å²) in [7, 11) is 0. The Hall–Kier alpha value is -2.08. The molecule has 0 fully saturated rings. The van der Waals surface area contributed by atoms with E-state index in [4.69, 9.17) is 4.74 Å². The third-order valence-electron chi connectivity index (χ3n) is 3.74. The van der Waals surface area contributed by atoms with E-state index in [1.54, 1.807) is 12.4 Å². The summed E-state index contributed by atoms with van der Waals surface area (Å²) < 4.78 is 7.53. The van der Waals surface area contributed by atoms with Crippen LogP contribution in [0, 0.1) is 5.92 Å². The molecule has 0 spiro atoms. The van der Waals surface area contributed by atoms with E-state index in [2.05, 4.69) is 10.1 Å². The third kappa shape index (κ3) is 3.00. The lowest BCUT2D eigenvalue weighted by Gasteiger charge is -2.23. The molecule has 3 rings (SSSR count). The van der Waals surface area contributed by atoms with Crippen LogP contribution >= 0.6 is 0 Å². The zero-order valence-corrected chi connectivity index (χ0v) is 12.2. The molecule has 0 saturated heterocycles. The summed E-state index contributed by atoms with van der Waals surface area (Å²) in [5, 5.41) is 4.35. The van der Waals surface area contributed by atoms with Gasteiger partial charge in [-0.3, -0.25) is 9.48 Å². The minimum Gasteiger partial charge on any atom is -0.381 e. The molecule has 6 heteroatoms. The van der Waals surface area contributed by atoms with Crippen LogP contribution in [0.15, 0.2) is 30.6 Å². The molecule has 0 aromatic carbocycles. The van der Waals surface area contributed by atoms with Crippen LogP contribution in [0.5, 0.6) is 0 Å². The summed E-state index contributed by atoms with van der Waals surface area (Å²) in [4.78, 5) is 17.4. The number of amides is 1. The summed E-state index contributed by atoms with van der Waals surface area (Å²) in [5.74, 6) is 0.279. The number of aromatic amines is 1. The van der Waals surface area contributed by atoms with E-state index in [1.165, 1.54) is 0 Å². The quantitative estimate of drug-likeness (QED) is 0.927. The van der Waals surface area contributed by atoms with Gasteiger partial charge in [-0.1, -0.05) is 0 Å². The highest BCUT2D eigenvalue weighted by atomic mass is 16.5. The SMILES string of the molecule is CCOC[C@@H]1CN(C(=O)c2ccc[nH]2)Cc2ccnn2C1. The molecule has 0 aliphatic carbocycles. The molecule has 0 bridgehead atoms. The number of aromatic nitrogens is 3. The van der Waals surface area contributed by atoms with E-state index in [-0.39, 0.29) is 11.8 Å². The first kappa shape index (κ1) is 13.9. The number of fused-ring (bicyclic) bond motifs is 1. The molecular weight excluding hydrogens is 268 g/mol. The molecule has 0 unspecified atom stereocenters. The Morgan fingerprint density at radius 2 is 2.38 bits per heavy atom. The molecule has 1 aliphatic heterocycles. The van der Waals surface area contributed by atoms with Gasteiger partial charge in [-0.15, -0.1) is 0 Å². The minimum atomic E-state index is 0.0242. The first-order chi connectivity index (χ1) is 10.3. The fraction of sp³-hybridized carbons (Fsp3) is 0.467. The predicted molar refractivity (Wildman–Crippen MR) is 77.7 cm³/mol. The molecule has 112 valence electrons. The van der Waals surface area contributed by atoms with Crippen LogP contribution < -0.4 is 0 Å². The molecule has 0 saturated carbocycles. The molecule has 21 heavy (non-hydrogen) atoms. The van der Waals surface area contributed by atoms with Crippen molar-refractivity contribution in [3.8, 4) is 0 Å². The number of rotatable bonds is 4. The number of nitrogens with one attached hydrogen (secondary N) is 1. The summed E-state index contributed by atoms with van der Waals surface area (Å²) in [6.45, 7) is 5.37. The highest BCUT2D eigenvalue weighted by molar-refractivity contribution is 5.92. The molecule has 2 aromatic heterocycles. The lowest BCUT2D eigenvalue weighted by Crippen LogP contribution is -2.35. The van der Waals surface area contributed by atoms with Crippen LogP contribution in [-0.4, -0.2) is 45.3 Å². The lowest BCUT2D eigenvalue weighted by molar-refractivity contribution is 0.0613. The number of hydrogen-bond acceptors (Lipinski definition) is 3. The van der Waals surface area contributed by atoms with Gasteiger partial charge in [0.2, 0.25) is 0 Å². The third-order valence-corrected chi connectivity index (χ3v) is 3.74. The monoisotopic (exact) mass is 288 g/mol. The Morgan fingerprint density at radius 3 is 3.14 bits per heavy atom. The van der Waals surface area contributed by atoms with Crippen LogP contribution in [0.25, 0.3) is 0 Å². The first-order valence-corrected chi connectivity index (χ1v) is 7.29. The van der Waals surface area contributed by atoms with Crippen molar-refractivity contribution in [2.24, 2.45) is 5.92 Å². The highest BCUT2D eigenvalue weighted by Crippen LogP contribution is 2.18. The Kier molecular flexibility index (Phi) is 4.06. The molecule has 1 amide bonds. The largest absolute Gasteiger partial charge is 0.381 e. The second kappa shape index (κ2) is 6.13. The smallest absolute Gasteiger partial charge is 0.270 e. The van der Waals surface area contributed by atoms with Crippen molar-refractivity contribution in [3.63, 3.8) is 0 Å². The zero-order chi connectivity index (χ0) is 14.7. The van der Waals surface area contributed by atoms with E-state index in [1.807, 2.05) is 34.7 Å². The fourth-order valence-electron chi connectivity index (χ4n) is 2.71. The topological polar surface area (TPSA) is 63.1 Å². The van der Waals surface area contributed by atoms with Crippen LogP contribution in [0.1, 0.15) is 23.1 Å². The normalized spacial score (nSPS) is 18.3. The predicted octanol–water partition coefficient (Wildman–Crippen LogP) is 1.52. The average Bonchev–Trinajstić information content (AvgIpc) is 3.13. The Balaban J connectivity index is 1.81. The van der Waals surface area contributed by atoms with Crippen molar-refractivity contribution in [2.75, 3.05) is 19.8 Å². The number of hydrogen-bond donors (Lipinski definition) is 1. The van der Waals surface area contributed by atoms with Crippen molar-refractivity contribution in [2.45, 2.75) is 20.0 Å². The van der Waals surface area contributed by atoms with Crippen molar-refractivity contribution < 1.29 is 9.53 Å². The van der Waals surface area contributed by atoms with Gasteiger partial charge in [0.25, 0.3) is 5.91 Å². The van der Waals surface area contributed by atoms with Gasteiger partial charge < -0.3 is 14.6 Å². The summed E-state index contributed by atoms with van der Waals surface area (Å²) in [6.07, 6.45) is 3.56. The number of carbonyl (C=O) groups is 1. The van der Waals surface area contributed by atoms with Gasteiger partial charge in [-0.2, -0.15) is 5.10 Å². The molecule has 1 atom stereocenters. The van der Waals surface area contributed by atoms with E-state index >= 15 is 0 Å². The second-order valence-corrected chi connectivity index (χ2v) is 5.30. The molecule has 2 aromatic rings. The maximum atomic E-state index is 12.6. The molecule has 1 N–H and O–H groups in total. The summed E-state index contributed by atoms with van der Waals surface area (Å²) in [5.41, 5.74) is 1.69. The van der Waals surface area contributed by atoms with Gasteiger partial charge in [0, 0.05) is 38.0 Å². The van der Waals surface area contributed by atoms with Crippen LogP contribution in [0.2, 0.25) is 0 Å². The first-order valence-electron chi connectivity index (χ1n) is 7.29. The standard InChI is InChI=1S/C15H20N4O2/c1-2-21-11-12-8-18(15(20)14-4-3-6-16-14)10-13-5-7-17-19(13)9-12/h3-7,12,16H,2,8-11H2,1H3/t12-/m1/s1. The number of H-pyrrole nitrogens is 1. The number of carbonyl (C=O) groups excluding carboxylic acids is 1. The van der Waals surface area contributed by atoms with Crippen molar-refractivity contribution in [3.05, 3.63) is 42.0 Å². The van der Waals surface area contributed by atoms with Crippen molar-refractivity contribution in [1.82, 2.24) is 19.7 Å². The second-order valence-electron chi connectivity index (χ2n) is 5.30. The van der Waals surface area contributed by atoms with Gasteiger partial charge in [-0.25, -0.2) is 0 Å². The van der Waals surface area contributed by atoms with Crippen molar-refractivity contribution in [1.29, 1.82) is 0 Å². The molecule has 3 heterocycles. The molecule has 6 nitrogen and oxygen atoms in total. The van der Waals surface area contributed by atoms with Crippen LogP contribution in [0.3, 0.4) is 0 Å². The Bertz CT molecular complexity index is 591. The van der Waals surface area contributed by atoms with E-state index in [0.717, 1.165) is 12.2 Å². The van der Waals surface area contributed by atoms with E-state index in [9.17, 15) is 4.79 Å². The van der Waals surface area contributed by atoms with Crippen LogP contribution in [-0.2, 0) is 17.8 Å². The Morgan fingerprint density at radius 1 is 1.48 bits per heavy atom. The van der Waals surface area contributed by atoms with Crippen molar-refractivity contribution >= 4 is 5.91 Å². The number of ether oxygens (including phenoxy) is 1. The van der Waals surface area contributed by atoms with E-state index < -0.39 is 0 Å². The summed E-state index contributed by atoms with van der Waals surface area (Å²) >= 11 is 0. The van der Waals surface area contributed by atoms with Gasteiger partial charge in [-0.05, 0) is 25.1 Å². The molecular formula is C15H20N4O2. The van der Waals surface area contributed by atoms with Gasteiger partial charge >= 0.3 is 0 Å². The van der Waals surface area contributed by atoms with Gasteiger partial charge in [0.05, 0.1) is 18.8 Å². The van der Waals surface area contributed by atoms with Gasteiger partial charge in [0.15, 0.2) is 0 Å². The summed E-state index contributed by atoms with van der Waals surface area (Å²) in [6, 6.07) is 5.62. The van der Waals surface area contributed by atoms with Crippen LogP contribution in [0.4, 0.5) is 0 Å².